The van der Waals surface area contributed by atoms with E-state index in [1.165, 1.54) is 0 Å². The number of amides is 3. The second-order valence-corrected chi connectivity index (χ2v) is 8.89. The van der Waals surface area contributed by atoms with Crippen molar-refractivity contribution in [2.45, 2.75) is 31.7 Å². The predicted octanol–water partition coefficient (Wildman–Crippen LogP) is 4.74. The van der Waals surface area contributed by atoms with E-state index in [4.69, 9.17) is 9.47 Å². The summed E-state index contributed by atoms with van der Waals surface area (Å²) in [6.07, 6.45) is 0.561. The van der Waals surface area contributed by atoms with Crippen molar-refractivity contribution < 1.29 is 19.1 Å². The lowest BCUT2D eigenvalue weighted by molar-refractivity contribution is 0.0349. The number of hydrogen-bond acceptors (Lipinski definition) is 4. The number of fused-ring (bicyclic) bond motifs is 4. The number of rotatable bonds is 5. The molecular formula is C27H27N3O4. The van der Waals surface area contributed by atoms with E-state index in [1.807, 2.05) is 61.5 Å². The van der Waals surface area contributed by atoms with E-state index < -0.39 is 5.72 Å². The molecule has 0 aliphatic carbocycles. The number of hydrogen-bond donors (Lipinski definition) is 1. The summed E-state index contributed by atoms with van der Waals surface area (Å²) in [6, 6.07) is 22.2. The highest BCUT2D eigenvalue weighted by Crippen LogP contribution is 2.49. The number of carbonyl (C=O) groups excluding carboxylic acids is 2. The third-order valence-electron chi connectivity index (χ3n) is 6.44. The van der Waals surface area contributed by atoms with Crippen LogP contribution < -0.4 is 19.7 Å². The topological polar surface area (TPSA) is 71.1 Å². The van der Waals surface area contributed by atoms with Gasteiger partial charge in [0, 0.05) is 31.1 Å². The molecule has 34 heavy (non-hydrogen) atoms. The Balaban J connectivity index is 1.45. The molecule has 174 valence electrons. The van der Waals surface area contributed by atoms with Gasteiger partial charge in [0.15, 0.2) is 17.2 Å². The van der Waals surface area contributed by atoms with Crippen LogP contribution in [0.15, 0.2) is 72.8 Å². The lowest BCUT2D eigenvalue weighted by Crippen LogP contribution is -2.65. The molecule has 0 saturated carbocycles. The molecule has 3 amide bonds. The molecule has 1 N–H and O–H groups in total. The van der Waals surface area contributed by atoms with E-state index in [0.29, 0.717) is 35.7 Å². The summed E-state index contributed by atoms with van der Waals surface area (Å²) in [7, 11) is 3.37. The molecule has 0 radical (unpaired) electrons. The Morgan fingerprint density at radius 3 is 2.68 bits per heavy atom. The first-order valence-electron chi connectivity index (χ1n) is 11.3. The van der Waals surface area contributed by atoms with Crippen molar-refractivity contribution in [3.8, 4) is 11.5 Å². The number of methoxy groups -OCH3 is 1. The minimum absolute atomic E-state index is 0.122. The highest BCUT2D eigenvalue weighted by Gasteiger charge is 2.50. The van der Waals surface area contributed by atoms with Gasteiger partial charge in [-0.05, 0) is 36.8 Å². The molecule has 1 saturated heterocycles. The molecule has 3 aromatic rings. The molecular weight excluding hydrogens is 430 g/mol. The van der Waals surface area contributed by atoms with Gasteiger partial charge in [-0.25, -0.2) is 4.79 Å². The van der Waals surface area contributed by atoms with Crippen molar-refractivity contribution in [3.63, 3.8) is 0 Å². The van der Waals surface area contributed by atoms with Crippen LogP contribution in [0.5, 0.6) is 11.5 Å². The van der Waals surface area contributed by atoms with Gasteiger partial charge in [-0.1, -0.05) is 48.5 Å². The van der Waals surface area contributed by atoms with E-state index in [-0.39, 0.29) is 18.0 Å². The van der Waals surface area contributed by atoms with Crippen molar-refractivity contribution in [2.24, 2.45) is 0 Å². The lowest BCUT2D eigenvalue weighted by Gasteiger charge is -2.50. The van der Waals surface area contributed by atoms with Crippen molar-refractivity contribution >= 4 is 17.6 Å². The quantitative estimate of drug-likeness (QED) is 0.601. The van der Waals surface area contributed by atoms with E-state index in [0.717, 1.165) is 11.1 Å². The summed E-state index contributed by atoms with van der Waals surface area (Å²) in [4.78, 5) is 29.7. The minimum atomic E-state index is -0.938. The highest BCUT2D eigenvalue weighted by atomic mass is 16.5. The normalized spacial score (nSPS) is 20.6. The fourth-order valence-corrected chi connectivity index (χ4v) is 4.84. The Labute approximate surface area is 198 Å². The number of nitrogens with zero attached hydrogens (tertiary/aromatic N) is 2. The number of urea groups is 1. The summed E-state index contributed by atoms with van der Waals surface area (Å²) in [5.41, 5.74) is 2.11. The minimum Gasteiger partial charge on any atom is -0.493 e. The molecule has 2 heterocycles. The van der Waals surface area contributed by atoms with Crippen LogP contribution in [0.4, 0.5) is 10.5 Å². The monoisotopic (exact) mass is 457 g/mol. The lowest BCUT2D eigenvalue weighted by atomic mass is 9.89. The van der Waals surface area contributed by atoms with Gasteiger partial charge in [0.05, 0.1) is 18.8 Å². The van der Waals surface area contributed by atoms with Crippen molar-refractivity contribution in [1.29, 1.82) is 0 Å². The van der Waals surface area contributed by atoms with Gasteiger partial charge in [0.2, 0.25) is 0 Å². The van der Waals surface area contributed by atoms with Crippen molar-refractivity contribution in [2.75, 3.05) is 19.1 Å². The average molecular weight is 458 g/mol. The van der Waals surface area contributed by atoms with Crippen molar-refractivity contribution in [1.82, 2.24) is 10.2 Å². The molecule has 0 spiro atoms. The highest BCUT2D eigenvalue weighted by molar-refractivity contribution is 5.99. The van der Waals surface area contributed by atoms with Gasteiger partial charge < -0.3 is 19.7 Å². The Bertz CT molecular complexity index is 1250. The number of nitrogens with one attached hydrogen (secondary N) is 1. The molecule has 2 aliphatic heterocycles. The van der Waals surface area contributed by atoms with Gasteiger partial charge >= 0.3 is 6.03 Å². The zero-order chi connectivity index (χ0) is 23.9. The van der Waals surface area contributed by atoms with Gasteiger partial charge in [0.1, 0.15) is 0 Å². The first kappa shape index (κ1) is 21.8. The molecule has 2 aliphatic rings. The van der Waals surface area contributed by atoms with Crippen LogP contribution in [-0.4, -0.2) is 36.7 Å². The van der Waals surface area contributed by atoms with Crippen LogP contribution in [0.3, 0.4) is 0 Å². The van der Waals surface area contributed by atoms with Crippen LogP contribution in [0.2, 0.25) is 0 Å². The number of anilines is 1. The molecule has 3 aromatic carbocycles. The Morgan fingerprint density at radius 1 is 1.15 bits per heavy atom. The standard InChI is InChI=1S/C27H27N3O4/c1-27-16-22(21-13-8-14-23(33-3)24(21)34-27)28-26(32)30(27)20-12-7-11-19(15-20)25(31)29(2)17-18-9-5-4-6-10-18/h4-15,22H,16-17H2,1-3H3,(H,28,32)/t22-,27+/m1/s1. The fourth-order valence-electron chi connectivity index (χ4n) is 4.84. The van der Waals surface area contributed by atoms with Gasteiger partial charge in [0.25, 0.3) is 5.91 Å². The third kappa shape index (κ3) is 3.73. The van der Waals surface area contributed by atoms with Crippen LogP contribution in [0.25, 0.3) is 0 Å². The summed E-state index contributed by atoms with van der Waals surface area (Å²) >= 11 is 0. The number of benzene rings is 3. The Hall–Kier alpha value is -4.00. The van der Waals surface area contributed by atoms with E-state index in [1.54, 1.807) is 42.2 Å². The Kier molecular flexibility index (Phi) is 5.40. The number of para-hydroxylation sites is 1. The molecule has 0 unspecified atom stereocenters. The fraction of sp³-hybridized carbons (Fsp3) is 0.259. The maximum absolute atomic E-state index is 13.2. The SMILES string of the molecule is COc1cccc2c1O[C@@]1(C)C[C@H]2NC(=O)N1c1cccc(C(=O)N(C)Cc2ccccc2)c1. The first-order valence-corrected chi connectivity index (χ1v) is 11.3. The zero-order valence-electron chi connectivity index (χ0n) is 19.4. The summed E-state index contributed by atoms with van der Waals surface area (Å²) in [6.45, 7) is 2.39. The van der Waals surface area contributed by atoms with Crippen LogP contribution in [0.1, 0.15) is 40.9 Å². The van der Waals surface area contributed by atoms with Crippen molar-refractivity contribution in [3.05, 3.63) is 89.5 Å². The predicted molar refractivity (Wildman–Crippen MR) is 129 cm³/mol. The van der Waals surface area contributed by atoms with Gasteiger partial charge in [-0.2, -0.15) is 0 Å². The van der Waals surface area contributed by atoms with E-state index >= 15 is 0 Å². The second kappa shape index (κ2) is 8.41. The van der Waals surface area contributed by atoms with Crippen LogP contribution in [-0.2, 0) is 6.54 Å². The maximum atomic E-state index is 13.2. The number of ether oxygens (including phenoxy) is 2. The van der Waals surface area contributed by atoms with E-state index in [9.17, 15) is 9.59 Å². The Morgan fingerprint density at radius 2 is 1.91 bits per heavy atom. The van der Waals surface area contributed by atoms with Gasteiger partial charge in [-0.15, -0.1) is 0 Å². The largest absolute Gasteiger partial charge is 0.493 e. The summed E-state index contributed by atoms with van der Waals surface area (Å²) < 4.78 is 11.9. The number of carbonyl (C=O) groups is 2. The molecule has 2 bridgehead atoms. The van der Waals surface area contributed by atoms with Gasteiger partial charge in [-0.3, -0.25) is 9.69 Å². The first-order chi connectivity index (χ1) is 16.4. The molecule has 5 rings (SSSR count). The molecule has 7 heteroatoms. The molecule has 7 nitrogen and oxygen atoms in total. The third-order valence-corrected chi connectivity index (χ3v) is 6.44. The smallest absolute Gasteiger partial charge is 0.325 e. The zero-order valence-corrected chi connectivity index (χ0v) is 19.4. The second-order valence-electron chi connectivity index (χ2n) is 8.89. The molecule has 2 atom stereocenters. The average Bonchev–Trinajstić information content (AvgIpc) is 2.83. The van der Waals surface area contributed by atoms with Crippen LogP contribution in [0, 0.1) is 0 Å². The summed E-state index contributed by atoms with van der Waals surface area (Å²) in [5, 5.41) is 3.09. The van der Waals surface area contributed by atoms with E-state index in [2.05, 4.69) is 5.32 Å². The molecule has 0 aromatic heterocycles. The molecule has 1 fully saturated rings. The maximum Gasteiger partial charge on any atom is 0.325 e. The van der Waals surface area contributed by atoms with Crippen LogP contribution >= 0.6 is 0 Å². The summed E-state index contributed by atoms with van der Waals surface area (Å²) in [5.74, 6) is 1.13.